The zero-order valence-corrected chi connectivity index (χ0v) is 11.0. The minimum absolute atomic E-state index is 0.0456. The number of anilines is 1. The molecule has 2 heterocycles. The van der Waals surface area contributed by atoms with E-state index in [0.717, 1.165) is 6.54 Å². The highest BCUT2D eigenvalue weighted by molar-refractivity contribution is 6.33. The molecule has 1 aromatic rings. The Balaban J connectivity index is 2.12. The van der Waals surface area contributed by atoms with Crippen LogP contribution in [0.25, 0.3) is 0 Å². The molecule has 1 fully saturated rings. The zero-order valence-electron chi connectivity index (χ0n) is 10.3. The Kier molecular flexibility index (Phi) is 4.38. The Morgan fingerprint density at radius 2 is 2.28 bits per heavy atom. The van der Waals surface area contributed by atoms with Crippen LogP contribution in [0.2, 0.25) is 5.02 Å². The highest BCUT2D eigenvalue weighted by Gasteiger charge is 2.19. The molecule has 0 aromatic carbocycles. The van der Waals surface area contributed by atoms with Crippen LogP contribution in [0.1, 0.15) is 17.3 Å². The number of pyridine rings is 1. The van der Waals surface area contributed by atoms with Gasteiger partial charge in [0.15, 0.2) is 0 Å². The smallest absolute Gasteiger partial charge is 0.255 e. The summed E-state index contributed by atoms with van der Waals surface area (Å²) in [4.78, 5) is 18.1. The first-order chi connectivity index (χ1) is 8.72. The van der Waals surface area contributed by atoms with E-state index in [1.165, 1.54) is 0 Å². The maximum atomic E-state index is 12.2. The van der Waals surface area contributed by atoms with Crippen LogP contribution in [-0.2, 0) is 4.74 Å². The number of aromatic nitrogens is 1. The monoisotopic (exact) mass is 269 g/mol. The first-order valence-electron chi connectivity index (χ1n) is 5.99. The molecule has 1 amide bonds. The van der Waals surface area contributed by atoms with Crippen LogP contribution in [0.15, 0.2) is 12.3 Å². The summed E-state index contributed by atoms with van der Waals surface area (Å²) in [7, 11) is 0. The Morgan fingerprint density at radius 1 is 1.56 bits per heavy atom. The molecule has 1 saturated heterocycles. The van der Waals surface area contributed by atoms with E-state index in [2.05, 4.69) is 10.3 Å². The average molecular weight is 270 g/mol. The van der Waals surface area contributed by atoms with Crippen molar-refractivity contribution in [2.45, 2.75) is 6.92 Å². The molecule has 0 saturated carbocycles. The summed E-state index contributed by atoms with van der Waals surface area (Å²) in [6, 6.07) is 1.66. The second-order valence-corrected chi connectivity index (χ2v) is 4.40. The highest BCUT2D eigenvalue weighted by atomic mass is 35.5. The number of rotatable bonds is 3. The molecule has 0 spiro atoms. The third-order valence-corrected chi connectivity index (χ3v) is 3.02. The van der Waals surface area contributed by atoms with Gasteiger partial charge in [-0.15, -0.1) is 0 Å². The molecule has 0 radical (unpaired) electrons. The third-order valence-electron chi connectivity index (χ3n) is 2.73. The summed E-state index contributed by atoms with van der Waals surface area (Å²) in [5, 5.41) is 3.50. The molecule has 0 aliphatic carbocycles. The second-order valence-electron chi connectivity index (χ2n) is 3.99. The van der Waals surface area contributed by atoms with E-state index in [4.69, 9.17) is 16.3 Å². The number of carbonyl (C=O) groups excluding carboxylic acids is 1. The predicted molar refractivity (Wildman–Crippen MR) is 70.1 cm³/mol. The molecule has 1 aromatic heterocycles. The minimum atomic E-state index is -0.0456. The molecule has 1 aliphatic rings. The molecule has 5 nitrogen and oxygen atoms in total. The summed E-state index contributed by atoms with van der Waals surface area (Å²) in [6.45, 7) is 5.11. The van der Waals surface area contributed by atoms with Gasteiger partial charge in [0.2, 0.25) is 0 Å². The molecule has 6 heteroatoms. The summed E-state index contributed by atoms with van der Waals surface area (Å²) in [5.74, 6) is 0.563. The zero-order chi connectivity index (χ0) is 13.0. The lowest BCUT2D eigenvalue weighted by Crippen LogP contribution is -2.40. The van der Waals surface area contributed by atoms with Gasteiger partial charge >= 0.3 is 0 Å². The van der Waals surface area contributed by atoms with Crippen molar-refractivity contribution in [2.75, 3.05) is 38.2 Å². The molecular formula is C12H16ClN3O2. The second kappa shape index (κ2) is 6.02. The van der Waals surface area contributed by atoms with E-state index in [-0.39, 0.29) is 5.91 Å². The molecule has 0 unspecified atom stereocenters. The van der Waals surface area contributed by atoms with Gasteiger partial charge in [-0.1, -0.05) is 11.6 Å². The van der Waals surface area contributed by atoms with E-state index in [1.54, 1.807) is 17.2 Å². The number of nitrogens with one attached hydrogen (secondary N) is 1. The highest BCUT2D eigenvalue weighted by Crippen LogP contribution is 2.20. The molecule has 0 atom stereocenters. The molecule has 0 bridgehead atoms. The average Bonchev–Trinajstić information content (AvgIpc) is 2.41. The van der Waals surface area contributed by atoms with E-state index in [1.807, 2.05) is 6.92 Å². The first-order valence-corrected chi connectivity index (χ1v) is 6.36. The number of halogens is 1. The van der Waals surface area contributed by atoms with Crippen LogP contribution in [0.4, 0.5) is 5.82 Å². The lowest BCUT2D eigenvalue weighted by Gasteiger charge is -2.26. The summed E-state index contributed by atoms with van der Waals surface area (Å²) < 4.78 is 5.21. The fourth-order valence-corrected chi connectivity index (χ4v) is 2.03. The van der Waals surface area contributed by atoms with Gasteiger partial charge in [-0.25, -0.2) is 4.98 Å². The van der Waals surface area contributed by atoms with Crippen molar-refractivity contribution in [2.24, 2.45) is 0 Å². The van der Waals surface area contributed by atoms with Gasteiger partial charge in [-0.05, 0) is 13.0 Å². The molecule has 1 aliphatic heterocycles. The normalized spacial score (nSPS) is 15.6. The van der Waals surface area contributed by atoms with Gasteiger partial charge in [0.1, 0.15) is 5.82 Å². The van der Waals surface area contributed by atoms with Crippen molar-refractivity contribution in [1.29, 1.82) is 0 Å². The summed E-state index contributed by atoms with van der Waals surface area (Å²) in [6.07, 6.45) is 1.56. The number of morpholine rings is 1. The Bertz CT molecular complexity index is 433. The van der Waals surface area contributed by atoms with Crippen molar-refractivity contribution in [3.8, 4) is 0 Å². The number of ether oxygens (including phenoxy) is 1. The fraction of sp³-hybridized carbons (Fsp3) is 0.500. The number of hydrogen-bond donors (Lipinski definition) is 1. The van der Waals surface area contributed by atoms with Gasteiger partial charge in [-0.3, -0.25) is 4.79 Å². The van der Waals surface area contributed by atoms with Crippen molar-refractivity contribution in [3.05, 3.63) is 22.8 Å². The minimum Gasteiger partial charge on any atom is -0.378 e. The topological polar surface area (TPSA) is 54.5 Å². The standard InChI is InChI=1S/C12H16ClN3O2/c1-2-14-11-10(13)7-9(8-15-11)12(17)16-3-5-18-6-4-16/h7-8H,2-6H2,1H3,(H,14,15). The van der Waals surface area contributed by atoms with Gasteiger partial charge in [0, 0.05) is 25.8 Å². The van der Waals surface area contributed by atoms with Crippen molar-refractivity contribution in [3.63, 3.8) is 0 Å². The Labute approximate surface area is 111 Å². The first kappa shape index (κ1) is 13.1. The van der Waals surface area contributed by atoms with Gasteiger partial charge in [0.05, 0.1) is 23.8 Å². The molecule has 1 N–H and O–H groups in total. The van der Waals surface area contributed by atoms with E-state index in [0.29, 0.717) is 42.7 Å². The van der Waals surface area contributed by atoms with Crippen LogP contribution in [0, 0.1) is 0 Å². The molecule has 98 valence electrons. The largest absolute Gasteiger partial charge is 0.378 e. The molecular weight excluding hydrogens is 254 g/mol. The summed E-state index contributed by atoms with van der Waals surface area (Å²) in [5.41, 5.74) is 0.517. The Morgan fingerprint density at radius 3 is 2.89 bits per heavy atom. The molecule has 18 heavy (non-hydrogen) atoms. The Hall–Kier alpha value is -1.33. The number of nitrogens with zero attached hydrogens (tertiary/aromatic N) is 2. The maximum absolute atomic E-state index is 12.2. The summed E-state index contributed by atoms with van der Waals surface area (Å²) >= 11 is 6.07. The fourth-order valence-electron chi connectivity index (χ4n) is 1.80. The van der Waals surface area contributed by atoms with Crippen LogP contribution in [0.3, 0.4) is 0 Å². The van der Waals surface area contributed by atoms with E-state index >= 15 is 0 Å². The van der Waals surface area contributed by atoms with Crippen molar-refractivity contribution >= 4 is 23.3 Å². The third kappa shape index (κ3) is 2.91. The van der Waals surface area contributed by atoms with E-state index in [9.17, 15) is 4.79 Å². The van der Waals surface area contributed by atoms with Crippen LogP contribution in [0.5, 0.6) is 0 Å². The maximum Gasteiger partial charge on any atom is 0.255 e. The number of carbonyl (C=O) groups is 1. The van der Waals surface area contributed by atoms with Gasteiger partial charge in [0.25, 0.3) is 5.91 Å². The molecule has 2 rings (SSSR count). The SMILES string of the molecule is CCNc1ncc(C(=O)N2CCOCC2)cc1Cl. The van der Waals surface area contributed by atoms with Crippen LogP contribution in [-0.4, -0.2) is 48.6 Å². The predicted octanol–water partition coefficient (Wildman–Crippen LogP) is 1.64. The van der Waals surface area contributed by atoms with Gasteiger partial charge in [-0.2, -0.15) is 0 Å². The van der Waals surface area contributed by atoms with Crippen molar-refractivity contribution in [1.82, 2.24) is 9.88 Å². The lowest BCUT2D eigenvalue weighted by molar-refractivity contribution is 0.0302. The number of hydrogen-bond acceptors (Lipinski definition) is 4. The van der Waals surface area contributed by atoms with Crippen LogP contribution >= 0.6 is 11.6 Å². The van der Waals surface area contributed by atoms with E-state index < -0.39 is 0 Å². The van der Waals surface area contributed by atoms with Crippen molar-refractivity contribution < 1.29 is 9.53 Å². The van der Waals surface area contributed by atoms with Crippen LogP contribution < -0.4 is 5.32 Å². The quantitative estimate of drug-likeness (QED) is 0.906. The lowest BCUT2D eigenvalue weighted by atomic mass is 10.2. The number of amides is 1. The van der Waals surface area contributed by atoms with Gasteiger partial charge < -0.3 is 15.0 Å².